The number of aliphatic hydroxyl groups excluding tert-OH is 2. The molecule has 384 valence electrons. The monoisotopic (exact) mass is 924 g/mol. The van der Waals surface area contributed by atoms with E-state index in [9.17, 15) is 19.8 Å². The van der Waals surface area contributed by atoms with Crippen molar-refractivity contribution >= 4 is 11.9 Å². The second-order valence-corrected chi connectivity index (χ2v) is 19.3. The van der Waals surface area contributed by atoms with E-state index in [4.69, 9.17) is 4.74 Å². The van der Waals surface area contributed by atoms with Crippen molar-refractivity contribution in [1.29, 1.82) is 0 Å². The van der Waals surface area contributed by atoms with Crippen LogP contribution in [-0.2, 0) is 14.3 Å². The van der Waals surface area contributed by atoms with Crippen molar-refractivity contribution in [2.45, 2.75) is 302 Å². The van der Waals surface area contributed by atoms with Gasteiger partial charge in [0.25, 0.3) is 0 Å². The molecule has 3 unspecified atom stereocenters. The van der Waals surface area contributed by atoms with Gasteiger partial charge in [-0.3, -0.25) is 9.59 Å². The largest absolute Gasteiger partial charge is 0.462 e. The summed E-state index contributed by atoms with van der Waals surface area (Å²) in [5.74, 6) is -0.498. The molecule has 0 aliphatic heterocycles. The maximum Gasteiger partial charge on any atom is 0.306 e. The molecule has 0 saturated heterocycles. The van der Waals surface area contributed by atoms with Crippen LogP contribution >= 0.6 is 0 Å². The van der Waals surface area contributed by atoms with Crippen LogP contribution in [0.25, 0.3) is 0 Å². The molecule has 0 radical (unpaired) electrons. The summed E-state index contributed by atoms with van der Waals surface area (Å²) in [4.78, 5) is 26.3. The molecule has 0 spiro atoms. The zero-order valence-electron chi connectivity index (χ0n) is 43.8. The van der Waals surface area contributed by atoms with Crippen molar-refractivity contribution in [1.82, 2.24) is 5.32 Å². The molecule has 0 aromatic heterocycles. The zero-order valence-corrected chi connectivity index (χ0v) is 43.8. The Morgan fingerprint density at radius 2 is 0.818 bits per heavy atom. The van der Waals surface area contributed by atoms with E-state index in [0.29, 0.717) is 19.3 Å². The third-order valence-corrected chi connectivity index (χ3v) is 12.8. The Bertz CT molecular complexity index is 1170. The Balaban J connectivity index is 4.57. The quantitative estimate of drug-likeness (QED) is 0.0321. The molecule has 0 aliphatic carbocycles. The predicted octanol–water partition coefficient (Wildman–Crippen LogP) is 17.6. The number of carbonyl (C=O) groups is 2. The van der Waals surface area contributed by atoms with Crippen LogP contribution in [0.3, 0.4) is 0 Å². The van der Waals surface area contributed by atoms with Gasteiger partial charge in [-0.05, 0) is 89.9 Å². The smallest absolute Gasteiger partial charge is 0.306 e. The fraction of sp³-hybridized carbons (Fsp3) is 0.800. The third-order valence-electron chi connectivity index (χ3n) is 12.8. The normalized spacial score (nSPS) is 13.6. The minimum Gasteiger partial charge on any atom is -0.462 e. The lowest BCUT2D eigenvalue weighted by molar-refractivity contribution is -0.151. The number of esters is 1. The molecule has 0 bridgehead atoms. The van der Waals surface area contributed by atoms with Gasteiger partial charge in [-0.25, -0.2) is 0 Å². The number of unbranched alkanes of at least 4 members (excludes halogenated alkanes) is 29. The highest BCUT2D eigenvalue weighted by atomic mass is 16.5. The number of ether oxygens (including phenoxy) is 1. The Morgan fingerprint density at radius 3 is 1.27 bits per heavy atom. The highest BCUT2D eigenvalue weighted by Crippen LogP contribution is 2.18. The van der Waals surface area contributed by atoms with Crippen LogP contribution in [-0.4, -0.2) is 46.9 Å². The lowest BCUT2D eigenvalue weighted by Crippen LogP contribution is -2.46. The first-order valence-electron chi connectivity index (χ1n) is 28.5. The summed E-state index contributed by atoms with van der Waals surface area (Å²) in [6.07, 6.45) is 67.1. The summed E-state index contributed by atoms with van der Waals surface area (Å²) in [7, 11) is 0. The highest BCUT2D eigenvalue weighted by molar-refractivity contribution is 5.77. The number of nitrogens with one attached hydrogen (secondary N) is 1. The average molecular weight is 925 g/mol. The highest BCUT2D eigenvalue weighted by Gasteiger charge is 2.24. The molecule has 0 heterocycles. The van der Waals surface area contributed by atoms with E-state index in [1.54, 1.807) is 0 Å². The Labute approximate surface area is 409 Å². The number of allylic oxidation sites excluding steroid dienone is 10. The molecule has 6 nitrogen and oxygen atoms in total. The third kappa shape index (κ3) is 48.0. The molecular weight excluding hydrogens is 815 g/mol. The van der Waals surface area contributed by atoms with Gasteiger partial charge in [0.2, 0.25) is 5.91 Å². The summed E-state index contributed by atoms with van der Waals surface area (Å²) < 4.78 is 5.95. The number of amides is 1. The second-order valence-electron chi connectivity index (χ2n) is 19.3. The van der Waals surface area contributed by atoms with Crippen molar-refractivity contribution in [2.75, 3.05) is 6.61 Å². The van der Waals surface area contributed by atoms with E-state index in [1.807, 2.05) is 0 Å². The van der Waals surface area contributed by atoms with E-state index < -0.39 is 18.2 Å². The van der Waals surface area contributed by atoms with Gasteiger partial charge < -0.3 is 20.3 Å². The molecule has 0 rings (SSSR count). The molecule has 0 aliphatic rings. The molecule has 1 amide bonds. The lowest BCUT2D eigenvalue weighted by atomic mass is 10.0. The fourth-order valence-electron chi connectivity index (χ4n) is 8.53. The van der Waals surface area contributed by atoms with Gasteiger partial charge in [0.15, 0.2) is 0 Å². The molecule has 66 heavy (non-hydrogen) atoms. The first-order valence-corrected chi connectivity index (χ1v) is 28.5. The number of hydrogen-bond donors (Lipinski definition) is 3. The number of carbonyl (C=O) groups excluding carboxylic acids is 2. The van der Waals surface area contributed by atoms with Gasteiger partial charge in [0.05, 0.1) is 25.2 Å². The molecule has 0 saturated carbocycles. The number of rotatable bonds is 51. The Kier molecular flexibility index (Phi) is 51.5. The molecule has 3 N–H and O–H groups in total. The maximum absolute atomic E-state index is 13.3. The minimum absolute atomic E-state index is 0.0590. The van der Waals surface area contributed by atoms with E-state index in [1.165, 1.54) is 135 Å². The van der Waals surface area contributed by atoms with E-state index in [0.717, 1.165) is 103 Å². The van der Waals surface area contributed by atoms with Crippen molar-refractivity contribution in [3.05, 3.63) is 60.8 Å². The Morgan fingerprint density at radius 1 is 0.455 bits per heavy atom. The van der Waals surface area contributed by atoms with E-state index in [-0.39, 0.29) is 24.9 Å². The van der Waals surface area contributed by atoms with Gasteiger partial charge in [-0.15, -0.1) is 0 Å². The van der Waals surface area contributed by atoms with E-state index in [2.05, 4.69) is 86.8 Å². The number of aliphatic hydroxyl groups is 2. The van der Waals surface area contributed by atoms with Crippen LogP contribution < -0.4 is 5.32 Å². The lowest BCUT2D eigenvalue weighted by Gasteiger charge is -2.24. The average Bonchev–Trinajstić information content (AvgIpc) is 3.31. The van der Waals surface area contributed by atoms with Gasteiger partial charge in [0.1, 0.15) is 6.10 Å². The molecular formula is C60H109NO5. The van der Waals surface area contributed by atoms with Crippen molar-refractivity contribution in [3.63, 3.8) is 0 Å². The first kappa shape index (κ1) is 63.6. The molecule has 0 aromatic rings. The van der Waals surface area contributed by atoms with Crippen LogP contribution in [0.1, 0.15) is 284 Å². The Hall–Kier alpha value is -2.44. The first-order chi connectivity index (χ1) is 32.5. The standard InChI is InChI=1S/C60H109NO5/c1-4-7-10-13-16-19-22-25-28-30-32-35-38-41-44-47-50-53-60(65)66-56(51-48-45-42-39-36-33-27-24-21-18-15-12-9-6-3)54-59(64)61-57(55-62)58(63)52-49-46-43-40-37-34-31-29-26-23-20-17-14-11-8-5-2/h9,12,16,18-19,21,25,27-28,33,56-58,62-63H,4-8,10-11,13-15,17,20,22-24,26,29-32,34-55H2,1-3H3,(H,61,64)/b12-9+,19-16-,21-18+,28-25-,33-27+. The summed E-state index contributed by atoms with van der Waals surface area (Å²) in [6, 6.07) is -0.713. The summed E-state index contributed by atoms with van der Waals surface area (Å²) >= 11 is 0. The fourth-order valence-corrected chi connectivity index (χ4v) is 8.53. The summed E-state index contributed by atoms with van der Waals surface area (Å²) in [5.41, 5.74) is 0. The summed E-state index contributed by atoms with van der Waals surface area (Å²) in [5, 5.41) is 23.9. The van der Waals surface area contributed by atoms with Crippen LogP contribution in [0.5, 0.6) is 0 Å². The molecule has 3 atom stereocenters. The van der Waals surface area contributed by atoms with Crippen molar-refractivity contribution in [2.24, 2.45) is 0 Å². The molecule has 0 aromatic carbocycles. The van der Waals surface area contributed by atoms with Gasteiger partial charge in [0, 0.05) is 6.42 Å². The topological polar surface area (TPSA) is 95.9 Å². The molecule has 6 heteroatoms. The van der Waals surface area contributed by atoms with Gasteiger partial charge in [-0.1, -0.05) is 242 Å². The van der Waals surface area contributed by atoms with Crippen molar-refractivity contribution < 1.29 is 24.5 Å². The zero-order chi connectivity index (χ0) is 48.1. The van der Waals surface area contributed by atoms with Crippen LogP contribution in [0.4, 0.5) is 0 Å². The van der Waals surface area contributed by atoms with Gasteiger partial charge in [-0.2, -0.15) is 0 Å². The van der Waals surface area contributed by atoms with Crippen LogP contribution in [0, 0.1) is 0 Å². The van der Waals surface area contributed by atoms with Crippen LogP contribution in [0.15, 0.2) is 60.8 Å². The number of hydrogen-bond acceptors (Lipinski definition) is 5. The van der Waals surface area contributed by atoms with Gasteiger partial charge >= 0.3 is 5.97 Å². The van der Waals surface area contributed by atoms with Crippen LogP contribution in [0.2, 0.25) is 0 Å². The SMILES string of the molecule is CC/C=C/C/C=C/C/C=C/CCCCCCC(CC(=O)NC(CO)C(O)CCCCCCCCCCCCCCCCCC)OC(=O)CCCCCCCCC/C=C\C/C=C\CCCCC. The second kappa shape index (κ2) is 53.5. The van der Waals surface area contributed by atoms with E-state index >= 15 is 0 Å². The predicted molar refractivity (Wildman–Crippen MR) is 287 cm³/mol. The molecule has 0 fully saturated rings. The maximum atomic E-state index is 13.3. The minimum atomic E-state index is -0.797. The summed E-state index contributed by atoms with van der Waals surface area (Å²) in [6.45, 7) is 6.36. The van der Waals surface area contributed by atoms with Crippen molar-refractivity contribution in [3.8, 4) is 0 Å².